The quantitative estimate of drug-likeness (QED) is 0.368. The summed E-state index contributed by atoms with van der Waals surface area (Å²) in [7, 11) is 0. The summed E-state index contributed by atoms with van der Waals surface area (Å²) in [6, 6.07) is 12.1. The molecule has 1 aromatic carbocycles. The van der Waals surface area contributed by atoms with Crippen molar-refractivity contribution in [2.24, 2.45) is 5.92 Å². The zero-order valence-corrected chi connectivity index (χ0v) is 20.0. The van der Waals surface area contributed by atoms with E-state index in [0.29, 0.717) is 11.5 Å². The van der Waals surface area contributed by atoms with E-state index in [2.05, 4.69) is 22.8 Å². The zero-order valence-electron chi connectivity index (χ0n) is 20.0. The van der Waals surface area contributed by atoms with Crippen LogP contribution in [0.25, 0.3) is 0 Å². The molecule has 1 aliphatic heterocycles. The predicted molar refractivity (Wildman–Crippen MR) is 132 cm³/mol. The number of carboxylic acids is 1. The molecule has 0 radical (unpaired) electrons. The monoisotopic (exact) mass is 481 g/mol. The number of hydrogen-bond acceptors (Lipinski definition) is 6. The maximum absolute atomic E-state index is 12.6. The molecule has 0 spiro atoms. The Labute approximate surface area is 206 Å². The van der Waals surface area contributed by atoms with Crippen molar-refractivity contribution >= 4 is 17.7 Å². The van der Waals surface area contributed by atoms with Crippen molar-refractivity contribution in [2.45, 2.75) is 63.0 Å². The molecule has 1 amide bonds. The van der Waals surface area contributed by atoms with Crippen molar-refractivity contribution in [3.8, 4) is 0 Å². The number of aliphatic carboxylic acids is 1. The van der Waals surface area contributed by atoms with Gasteiger partial charge in [-0.15, -0.1) is 0 Å². The van der Waals surface area contributed by atoms with Gasteiger partial charge in [0.05, 0.1) is 18.6 Å². The highest BCUT2D eigenvalue weighted by Gasteiger charge is 2.31. The summed E-state index contributed by atoms with van der Waals surface area (Å²) in [5.41, 5.74) is 3.08. The van der Waals surface area contributed by atoms with Crippen molar-refractivity contribution in [1.82, 2.24) is 10.3 Å². The number of ether oxygens (including phenoxy) is 1. The maximum atomic E-state index is 12.6. The van der Waals surface area contributed by atoms with Gasteiger partial charge in [0.2, 0.25) is 5.91 Å². The van der Waals surface area contributed by atoms with E-state index >= 15 is 0 Å². The van der Waals surface area contributed by atoms with Crippen molar-refractivity contribution in [3.05, 3.63) is 59.3 Å². The van der Waals surface area contributed by atoms with E-state index in [9.17, 15) is 19.8 Å². The number of hydrogen-bond donors (Lipinski definition) is 4. The first-order valence-electron chi connectivity index (χ1n) is 12.6. The van der Waals surface area contributed by atoms with E-state index < -0.39 is 23.8 Å². The van der Waals surface area contributed by atoms with Gasteiger partial charge in [0.1, 0.15) is 11.9 Å². The van der Waals surface area contributed by atoms with Crippen LogP contribution in [0.15, 0.2) is 42.5 Å². The lowest BCUT2D eigenvalue weighted by Crippen LogP contribution is -2.44. The molecule has 4 rings (SSSR count). The number of carbonyl (C=O) groups is 2. The Balaban J connectivity index is 1.15. The molecular weight excluding hydrogens is 446 g/mol. The van der Waals surface area contributed by atoms with Crippen LogP contribution in [0.3, 0.4) is 0 Å². The number of carbonyl (C=O) groups excluding carboxylic acids is 1. The fraction of sp³-hybridized carbons (Fsp3) is 0.519. The first-order valence-corrected chi connectivity index (χ1v) is 12.6. The Bertz CT molecular complexity index is 994. The third-order valence-corrected chi connectivity index (χ3v) is 7.03. The second-order valence-electron chi connectivity index (χ2n) is 9.54. The van der Waals surface area contributed by atoms with E-state index in [1.807, 2.05) is 6.07 Å². The largest absolute Gasteiger partial charge is 0.480 e. The van der Waals surface area contributed by atoms with E-state index in [1.165, 1.54) is 5.56 Å². The Morgan fingerprint density at radius 2 is 1.97 bits per heavy atom. The summed E-state index contributed by atoms with van der Waals surface area (Å²) in [6.45, 7) is 0.869. The number of aliphatic hydroxyl groups excluding tert-OH is 1. The van der Waals surface area contributed by atoms with E-state index in [-0.39, 0.29) is 25.7 Å². The number of nitrogens with one attached hydrogen (secondary N) is 2. The van der Waals surface area contributed by atoms with Gasteiger partial charge in [0, 0.05) is 25.3 Å². The number of nitrogens with zero attached hydrogens (tertiary/aromatic N) is 1. The molecule has 35 heavy (non-hydrogen) atoms. The number of amides is 1. The summed E-state index contributed by atoms with van der Waals surface area (Å²) in [4.78, 5) is 29.0. The van der Waals surface area contributed by atoms with Gasteiger partial charge in [0.25, 0.3) is 0 Å². The second kappa shape index (κ2) is 12.1. The molecule has 1 aromatic heterocycles. The van der Waals surface area contributed by atoms with Gasteiger partial charge in [0.15, 0.2) is 0 Å². The van der Waals surface area contributed by atoms with Crippen LogP contribution < -0.4 is 10.6 Å². The lowest BCUT2D eigenvalue weighted by Gasteiger charge is -2.35. The smallest absolute Gasteiger partial charge is 0.326 e. The van der Waals surface area contributed by atoms with Gasteiger partial charge in [-0.1, -0.05) is 36.4 Å². The predicted octanol–water partition coefficient (Wildman–Crippen LogP) is 2.90. The van der Waals surface area contributed by atoms with Crippen LogP contribution in [0.4, 0.5) is 5.82 Å². The molecule has 0 bridgehead atoms. The average molecular weight is 482 g/mol. The number of aliphatic hydroxyl groups is 1. The molecule has 188 valence electrons. The highest BCUT2D eigenvalue weighted by molar-refractivity contribution is 5.88. The molecule has 1 aliphatic carbocycles. The third kappa shape index (κ3) is 6.80. The van der Waals surface area contributed by atoms with E-state index in [1.54, 1.807) is 24.3 Å². The molecule has 2 atom stereocenters. The maximum Gasteiger partial charge on any atom is 0.326 e. The number of benzene rings is 1. The zero-order chi connectivity index (χ0) is 24.6. The molecule has 4 N–H and O–H groups in total. The second-order valence-corrected chi connectivity index (χ2v) is 9.54. The van der Waals surface area contributed by atoms with Crippen molar-refractivity contribution in [2.75, 3.05) is 25.1 Å². The fourth-order valence-electron chi connectivity index (χ4n) is 4.81. The topological polar surface area (TPSA) is 121 Å². The molecule has 8 nitrogen and oxygen atoms in total. The molecule has 1 unspecified atom stereocenters. The first kappa shape index (κ1) is 25.1. The number of aromatic nitrogens is 1. The van der Waals surface area contributed by atoms with Gasteiger partial charge in [-0.25, -0.2) is 9.78 Å². The minimum atomic E-state index is -1.11. The molecular formula is C27H35N3O5. The number of carboxylic acid groups (broad SMARTS) is 1. The first-order chi connectivity index (χ1) is 17.0. The number of anilines is 1. The van der Waals surface area contributed by atoms with Crippen LogP contribution in [-0.2, 0) is 27.2 Å². The van der Waals surface area contributed by atoms with Gasteiger partial charge < -0.3 is 25.6 Å². The Kier molecular flexibility index (Phi) is 8.71. The highest BCUT2D eigenvalue weighted by atomic mass is 16.5. The number of rotatable bonds is 12. The Morgan fingerprint density at radius 1 is 1.17 bits per heavy atom. The van der Waals surface area contributed by atoms with Crippen molar-refractivity contribution in [3.63, 3.8) is 0 Å². The van der Waals surface area contributed by atoms with Crippen LogP contribution >= 0.6 is 0 Å². The number of pyridine rings is 1. The molecule has 2 aliphatic rings. The minimum absolute atomic E-state index is 0.137. The summed E-state index contributed by atoms with van der Waals surface area (Å²) in [5.74, 6) is -0.771. The average Bonchev–Trinajstić information content (AvgIpc) is 2.85. The standard InChI is InChI=1S/C27H35N3O5/c31-17-23(19-5-2-1-3-6-19)26(32)30-24(27(33)34)12-14-35-22-15-18(16-22)8-10-21-11-9-20-7-4-13-28-25(20)29-21/h1-3,5-6,9,11,18,22-24,31H,4,7-8,10,12-17H2,(H,28,29)(H,30,32)(H,33,34)/t18?,22?,23-,24?/m0/s1. The Morgan fingerprint density at radius 3 is 2.71 bits per heavy atom. The van der Waals surface area contributed by atoms with Crippen LogP contribution in [-0.4, -0.2) is 59.0 Å². The number of aryl methyl sites for hydroxylation is 2. The van der Waals surface area contributed by atoms with Crippen LogP contribution in [0.5, 0.6) is 0 Å². The summed E-state index contributed by atoms with van der Waals surface area (Å²) in [6.07, 6.45) is 6.53. The third-order valence-electron chi connectivity index (χ3n) is 7.03. The van der Waals surface area contributed by atoms with Crippen molar-refractivity contribution < 1.29 is 24.5 Å². The molecule has 2 aromatic rings. The molecule has 8 heteroatoms. The van der Waals surface area contributed by atoms with Crippen LogP contribution in [0.1, 0.15) is 54.8 Å². The SMILES string of the molecule is O=C(O)C(CCOC1CC(CCc2ccc3c(n2)NCCC3)C1)NC(=O)[C@@H](CO)c1ccccc1. The fourth-order valence-corrected chi connectivity index (χ4v) is 4.81. The molecule has 1 saturated carbocycles. The van der Waals surface area contributed by atoms with E-state index in [4.69, 9.17) is 9.72 Å². The summed E-state index contributed by atoms with van der Waals surface area (Å²) >= 11 is 0. The lowest BCUT2D eigenvalue weighted by molar-refractivity contribution is -0.143. The van der Waals surface area contributed by atoms with Crippen LogP contribution in [0.2, 0.25) is 0 Å². The van der Waals surface area contributed by atoms with Crippen molar-refractivity contribution in [1.29, 1.82) is 0 Å². The molecule has 2 heterocycles. The van der Waals surface area contributed by atoms with Gasteiger partial charge in [-0.3, -0.25) is 4.79 Å². The lowest BCUT2D eigenvalue weighted by atomic mass is 9.79. The van der Waals surface area contributed by atoms with Crippen LogP contribution in [0, 0.1) is 5.92 Å². The minimum Gasteiger partial charge on any atom is -0.480 e. The Hall–Kier alpha value is -2.97. The molecule has 0 saturated heterocycles. The highest BCUT2D eigenvalue weighted by Crippen LogP contribution is 2.34. The van der Waals surface area contributed by atoms with E-state index in [0.717, 1.165) is 56.6 Å². The number of fused-ring (bicyclic) bond motifs is 1. The normalized spacial score (nSPS) is 20.6. The van der Waals surface area contributed by atoms with Gasteiger partial charge >= 0.3 is 5.97 Å². The summed E-state index contributed by atoms with van der Waals surface area (Å²) < 4.78 is 5.88. The molecule has 1 fully saturated rings. The van der Waals surface area contributed by atoms with Gasteiger partial charge in [-0.2, -0.15) is 0 Å². The van der Waals surface area contributed by atoms with Gasteiger partial charge in [-0.05, 0) is 61.6 Å². The summed E-state index contributed by atoms with van der Waals surface area (Å²) in [5, 5.41) is 25.1.